The van der Waals surface area contributed by atoms with Crippen LogP contribution < -0.4 is 15.7 Å². The van der Waals surface area contributed by atoms with Crippen LogP contribution in [0.4, 0.5) is 5.69 Å². The number of para-hydroxylation sites is 4. The fraction of sp³-hybridized carbons (Fsp3) is 0.318. The van der Waals surface area contributed by atoms with Crippen LogP contribution in [-0.2, 0) is 27.4 Å². The van der Waals surface area contributed by atoms with Crippen molar-refractivity contribution < 1.29 is 19.1 Å². The average Bonchev–Trinajstić information content (AvgIpc) is 3.00. The molecule has 0 bridgehead atoms. The van der Waals surface area contributed by atoms with Gasteiger partial charge in [-0.2, -0.15) is 0 Å². The molecule has 158 valence electrons. The number of anilines is 1. The maximum atomic E-state index is 12.7. The van der Waals surface area contributed by atoms with Crippen molar-refractivity contribution in [3.8, 4) is 5.75 Å². The normalized spacial score (nSPS) is 10.7. The Labute approximate surface area is 174 Å². The molecular formula is C22H25N3O5. The molecule has 30 heavy (non-hydrogen) atoms. The van der Waals surface area contributed by atoms with Crippen molar-refractivity contribution in [2.24, 2.45) is 0 Å². The van der Waals surface area contributed by atoms with E-state index in [-0.39, 0.29) is 12.2 Å². The molecule has 0 unspecified atom stereocenters. The zero-order valence-electron chi connectivity index (χ0n) is 17.1. The second-order valence-corrected chi connectivity index (χ2v) is 6.65. The molecule has 0 aliphatic carbocycles. The van der Waals surface area contributed by atoms with Gasteiger partial charge in [-0.05, 0) is 37.6 Å². The fourth-order valence-corrected chi connectivity index (χ4v) is 3.22. The highest BCUT2D eigenvalue weighted by Crippen LogP contribution is 2.23. The molecule has 1 aromatic heterocycles. The summed E-state index contributed by atoms with van der Waals surface area (Å²) in [5.41, 5.74) is 1.65. The summed E-state index contributed by atoms with van der Waals surface area (Å²) in [7, 11) is 0. The van der Waals surface area contributed by atoms with E-state index in [9.17, 15) is 14.4 Å². The van der Waals surface area contributed by atoms with Gasteiger partial charge in [0.05, 0.1) is 23.3 Å². The molecule has 0 radical (unpaired) electrons. The van der Waals surface area contributed by atoms with Gasteiger partial charge in [0.25, 0.3) is 5.91 Å². The largest absolute Gasteiger partial charge is 0.492 e. The van der Waals surface area contributed by atoms with E-state index in [0.29, 0.717) is 30.1 Å². The van der Waals surface area contributed by atoms with Gasteiger partial charge in [-0.25, -0.2) is 4.79 Å². The number of amides is 1. The number of imidazole rings is 1. The van der Waals surface area contributed by atoms with E-state index >= 15 is 0 Å². The zero-order valence-corrected chi connectivity index (χ0v) is 17.1. The van der Waals surface area contributed by atoms with E-state index in [2.05, 4.69) is 5.32 Å². The highest BCUT2D eigenvalue weighted by molar-refractivity contribution is 5.94. The van der Waals surface area contributed by atoms with Crippen molar-refractivity contribution in [3.05, 3.63) is 59.0 Å². The van der Waals surface area contributed by atoms with Gasteiger partial charge in [0.2, 0.25) is 0 Å². The molecule has 8 heteroatoms. The minimum atomic E-state index is -0.662. The van der Waals surface area contributed by atoms with Crippen molar-refractivity contribution in [1.29, 1.82) is 0 Å². The van der Waals surface area contributed by atoms with Crippen molar-refractivity contribution in [3.63, 3.8) is 0 Å². The Morgan fingerprint density at radius 3 is 2.33 bits per heavy atom. The number of carbonyl (C=O) groups is 2. The molecule has 1 N–H and O–H groups in total. The monoisotopic (exact) mass is 411 g/mol. The topological polar surface area (TPSA) is 91.6 Å². The van der Waals surface area contributed by atoms with Gasteiger partial charge in [-0.15, -0.1) is 0 Å². The first-order valence-corrected chi connectivity index (χ1v) is 9.90. The third kappa shape index (κ3) is 4.71. The van der Waals surface area contributed by atoms with Crippen LogP contribution in [0.15, 0.2) is 53.3 Å². The summed E-state index contributed by atoms with van der Waals surface area (Å²) in [6.07, 6.45) is 0.793. The number of aromatic nitrogens is 2. The SMILES string of the molecule is CCCn1c(=O)n(CC(=O)OCC(=O)Nc2ccccc2OCC)c2ccccc21. The van der Waals surface area contributed by atoms with Crippen LogP contribution in [0.5, 0.6) is 5.75 Å². The van der Waals surface area contributed by atoms with E-state index < -0.39 is 18.5 Å². The van der Waals surface area contributed by atoms with Crippen LogP contribution in [0.1, 0.15) is 20.3 Å². The lowest BCUT2D eigenvalue weighted by Crippen LogP contribution is -2.29. The maximum Gasteiger partial charge on any atom is 0.329 e. The molecule has 0 spiro atoms. The number of rotatable bonds is 9. The van der Waals surface area contributed by atoms with E-state index in [1.54, 1.807) is 34.9 Å². The summed E-state index contributed by atoms with van der Waals surface area (Å²) in [6, 6.07) is 14.3. The molecule has 1 amide bonds. The van der Waals surface area contributed by atoms with Gasteiger partial charge in [0.15, 0.2) is 6.61 Å². The first-order chi connectivity index (χ1) is 14.5. The van der Waals surface area contributed by atoms with Gasteiger partial charge in [0, 0.05) is 6.54 Å². The van der Waals surface area contributed by atoms with E-state index in [0.717, 1.165) is 11.9 Å². The second kappa shape index (κ2) is 9.78. The number of fused-ring (bicyclic) bond motifs is 1. The third-order valence-corrected chi connectivity index (χ3v) is 4.48. The zero-order chi connectivity index (χ0) is 21.5. The first kappa shape index (κ1) is 21.2. The molecule has 0 aliphatic heterocycles. The van der Waals surface area contributed by atoms with Crippen molar-refractivity contribution in [2.75, 3.05) is 18.5 Å². The number of esters is 1. The lowest BCUT2D eigenvalue weighted by molar-refractivity contribution is -0.147. The molecule has 3 aromatic rings. The summed E-state index contributed by atoms with van der Waals surface area (Å²) in [4.78, 5) is 37.2. The number of carbonyl (C=O) groups excluding carboxylic acids is 2. The summed E-state index contributed by atoms with van der Waals surface area (Å²) in [5.74, 6) is -0.615. The molecule has 8 nitrogen and oxygen atoms in total. The summed E-state index contributed by atoms with van der Waals surface area (Å²) in [6.45, 7) is 4.13. The molecule has 2 aromatic carbocycles. The van der Waals surface area contributed by atoms with E-state index in [4.69, 9.17) is 9.47 Å². The molecule has 0 saturated heterocycles. The average molecular weight is 411 g/mol. The first-order valence-electron chi connectivity index (χ1n) is 9.90. The van der Waals surface area contributed by atoms with Gasteiger partial charge >= 0.3 is 11.7 Å². The molecule has 0 fully saturated rings. The predicted octanol–water partition coefficient (Wildman–Crippen LogP) is 2.79. The summed E-state index contributed by atoms with van der Waals surface area (Å²) < 4.78 is 13.6. The Balaban J connectivity index is 1.65. The minimum absolute atomic E-state index is 0.265. The quantitative estimate of drug-likeness (QED) is 0.547. The lowest BCUT2D eigenvalue weighted by Gasteiger charge is -2.11. The molecule has 3 rings (SSSR count). The van der Waals surface area contributed by atoms with Gasteiger partial charge in [0.1, 0.15) is 12.3 Å². The maximum absolute atomic E-state index is 12.7. The van der Waals surface area contributed by atoms with Gasteiger partial charge < -0.3 is 14.8 Å². The highest BCUT2D eigenvalue weighted by Gasteiger charge is 2.16. The Morgan fingerprint density at radius 2 is 1.63 bits per heavy atom. The van der Waals surface area contributed by atoms with Crippen LogP contribution in [0.2, 0.25) is 0 Å². The molecule has 0 saturated carbocycles. The standard InChI is InChI=1S/C22H25N3O5/c1-3-13-24-17-10-6-7-11-18(17)25(22(24)28)14-21(27)30-15-20(26)23-16-9-5-8-12-19(16)29-4-2/h5-12H,3-4,13-15H2,1-2H3,(H,23,26). The van der Waals surface area contributed by atoms with Crippen LogP contribution in [0, 0.1) is 0 Å². The van der Waals surface area contributed by atoms with Crippen LogP contribution in [0.25, 0.3) is 11.0 Å². The predicted molar refractivity (Wildman–Crippen MR) is 114 cm³/mol. The molecule has 1 heterocycles. The summed E-state index contributed by atoms with van der Waals surface area (Å²) in [5, 5.41) is 2.66. The van der Waals surface area contributed by atoms with Crippen LogP contribution in [0.3, 0.4) is 0 Å². The molecular weight excluding hydrogens is 386 g/mol. The Bertz CT molecular complexity index is 1100. The smallest absolute Gasteiger partial charge is 0.329 e. The number of hydrogen-bond donors (Lipinski definition) is 1. The van der Waals surface area contributed by atoms with Gasteiger partial charge in [-0.3, -0.25) is 18.7 Å². The van der Waals surface area contributed by atoms with Crippen LogP contribution in [-0.4, -0.2) is 34.2 Å². The number of nitrogens with zero attached hydrogens (tertiary/aromatic N) is 2. The van der Waals surface area contributed by atoms with Crippen molar-refractivity contribution >= 4 is 28.6 Å². The van der Waals surface area contributed by atoms with E-state index in [1.807, 2.05) is 32.0 Å². The highest BCUT2D eigenvalue weighted by atomic mass is 16.5. The van der Waals surface area contributed by atoms with Crippen molar-refractivity contribution in [1.82, 2.24) is 9.13 Å². The fourth-order valence-electron chi connectivity index (χ4n) is 3.22. The number of ether oxygens (including phenoxy) is 2. The van der Waals surface area contributed by atoms with Crippen LogP contribution >= 0.6 is 0 Å². The van der Waals surface area contributed by atoms with Crippen molar-refractivity contribution in [2.45, 2.75) is 33.4 Å². The number of nitrogens with one attached hydrogen (secondary N) is 1. The third-order valence-electron chi connectivity index (χ3n) is 4.48. The second-order valence-electron chi connectivity index (χ2n) is 6.65. The van der Waals surface area contributed by atoms with Gasteiger partial charge in [-0.1, -0.05) is 31.2 Å². The number of benzene rings is 2. The molecule has 0 atom stereocenters. The Hall–Kier alpha value is -3.55. The lowest BCUT2D eigenvalue weighted by atomic mass is 10.3. The van der Waals surface area contributed by atoms with E-state index in [1.165, 1.54) is 4.57 Å². The Morgan fingerprint density at radius 1 is 0.967 bits per heavy atom. The molecule has 0 aliphatic rings. The summed E-state index contributed by atoms with van der Waals surface area (Å²) >= 11 is 0. The number of hydrogen-bond acceptors (Lipinski definition) is 5. The Kier molecular flexibility index (Phi) is 6.90. The number of aryl methyl sites for hydroxylation is 1. The minimum Gasteiger partial charge on any atom is -0.492 e.